The number of hydrogen-bond donors (Lipinski definition) is 0. The molecule has 1 unspecified atom stereocenters. The number of halogens is 11. The lowest BCUT2D eigenvalue weighted by Crippen LogP contribution is -2.64. The van der Waals surface area contributed by atoms with Crippen molar-refractivity contribution in [2.45, 2.75) is 56.9 Å². The first-order valence-electron chi connectivity index (χ1n) is 6.96. The lowest BCUT2D eigenvalue weighted by Gasteiger charge is -2.36. The highest BCUT2D eigenvalue weighted by Crippen LogP contribution is 2.51. The van der Waals surface area contributed by atoms with Gasteiger partial charge in [0.05, 0.1) is 0 Å². The zero-order valence-electron chi connectivity index (χ0n) is 13.2. The molecule has 0 heterocycles. The molecule has 1 atom stereocenters. The van der Waals surface area contributed by atoms with Crippen LogP contribution in [0, 0.1) is 0 Å². The Morgan fingerprint density at radius 2 is 1.15 bits per heavy atom. The summed E-state index contributed by atoms with van der Waals surface area (Å²) in [6, 6.07) is 0. The van der Waals surface area contributed by atoms with E-state index < -0.39 is 49.2 Å². The first-order chi connectivity index (χ1) is 11.4. The van der Waals surface area contributed by atoms with Crippen molar-refractivity contribution in [1.82, 2.24) is 4.90 Å². The van der Waals surface area contributed by atoms with Gasteiger partial charge >= 0.3 is 30.2 Å². The molecule has 1 amide bonds. The Morgan fingerprint density at radius 1 is 0.769 bits per heavy atom. The summed E-state index contributed by atoms with van der Waals surface area (Å²) in [5, 5.41) is 0. The number of carbonyl (C=O) groups is 1. The van der Waals surface area contributed by atoms with Gasteiger partial charge in [-0.15, -0.1) is 0 Å². The summed E-state index contributed by atoms with van der Waals surface area (Å²) in [4.78, 5) is 11.7. The molecule has 14 heteroatoms. The number of amides is 1. The van der Waals surface area contributed by atoms with Gasteiger partial charge in [-0.05, 0) is 12.8 Å². The van der Waals surface area contributed by atoms with Gasteiger partial charge < -0.3 is 4.90 Å². The van der Waals surface area contributed by atoms with Crippen molar-refractivity contribution in [1.29, 1.82) is 0 Å². The lowest BCUT2D eigenvalue weighted by molar-refractivity contribution is -0.473. The Kier molecular flexibility index (Phi) is 7.33. The topological polar surface area (TPSA) is 29.5 Å². The quantitative estimate of drug-likeness (QED) is 0.542. The van der Waals surface area contributed by atoms with E-state index in [2.05, 4.69) is 4.74 Å². The van der Waals surface area contributed by atoms with Gasteiger partial charge in [0.15, 0.2) is 0 Å². The fourth-order valence-electron chi connectivity index (χ4n) is 1.69. The second-order valence-electron chi connectivity index (χ2n) is 5.08. The second kappa shape index (κ2) is 7.72. The van der Waals surface area contributed by atoms with Gasteiger partial charge in [0.1, 0.15) is 0 Å². The summed E-state index contributed by atoms with van der Waals surface area (Å²) in [5.74, 6) is -16.2. The largest absolute Gasteiger partial charge is 0.462 e. The second-order valence-corrected chi connectivity index (χ2v) is 5.08. The monoisotopic (exact) mass is 413 g/mol. The number of nitrogens with zero attached hydrogens (tertiary/aromatic N) is 1. The van der Waals surface area contributed by atoms with Crippen LogP contribution in [-0.4, -0.2) is 54.1 Å². The van der Waals surface area contributed by atoms with E-state index in [0.717, 1.165) is 0 Å². The van der Waals surface area contributed by atoms with Crippen LogP contribution in [0.4, 0.5) is 48.3 Å². The Morgan fingerprint density at radius 3 is 1.42 bits per heavy atom. The SMILES string of the molecule is CCCN(CCC)C(=O)C(F)(OC(F)(F)C(F)(F)C(F)(F)F)C(F)(F)F. The van der Waals surface area contributed by atoms with Gasteiger partial charge in [-0.2, -0.15) is 48.3 Å². The summed E-state index contributed by atoms with van der Waals surface area (Å²) >= 11 is 0. The molecule has 0 N–H and O–H groups in total. The number of ether oxygens (including phenoxy) is 1. The number of hydrogen-bond acceptors (Lipinski definition) is 2. The first-order valence-corrected chi connectivity index (χ1v) is 6.96. The molecule has 0 aromatic carbocycles. The highest BCUT2D eigenvalue weighted by atomic mass is 19.4. The fourth-order valence-corrected chi connectivity index (χ4v) is 1.69. The van der Waals surface area contributed by atoms with Gasteiger partial charge in [0.25, 0.3) is 5.91 Å². The highest BCUT2D eigenvalue weighted by Gasteiger charge is 2.79. The molecule has 0 radical (unpaired) electrons. The molecule has 0 aliphatic carbocycles. The molecule has 0 bridgehead atoms. The maximum absolute atomic E-state index is 14.1. The number of alkyl halides is 11. The third-order valence-corrected chi connectivity index (χ3v) is 2.90. The molecule has 0 aliphatic heterocycles. The molecular formula is C12H14F11NO2. The zero-order chi connectivity index (χ0) is 21.2. The molecule has 0 aromatic heterocycles. The molecular weight excluding hydrogens is 399 g/mol. The number of carbonyl (C=O) groups excluding carboxylic acids is 1. The maximum atomic E-state index is 14.1. The van der Waals surface area contributed by atoms with Crippen LogP contribution in [0.2, 0.25) is 0 Å². The van der Waals surface area contributed by atoms with E-state index in [9.17, 15) is 53.1 Å². The molecule has 26 heavy (non-hydrogen) atoms. The summed E-state index contributed by atoms with van der Waals surface area (Å²) in [5.41, 5.74) is 0. The van der Waals surface area contributed by atoms with Gasteiger partial charge in [-0.3, -0.25) is 9.53 Å². The molecule has 0 saturated heterocycles. The van der Waals surface area contributed by atoms with Crippen LogP contribution in [0.3, 0.4) is 0 Å². The van der Waals surface area contributed by atoms with E-state index in [0.29, 0.717) is 0 Å². The maximum Gasteiger partial charge on any atom is 0.462 e. The molecule has 0 fully saturated rings. The molecule has 156 valence electrons. The molecule has 0 rings (SSSR count). The highest BCUT2D eigenvalue weighted by molar-refractivity contribution is 5.84. The van der Waals surface area contributed by atoms with Gasteiger partial charge in [-0.25, -0.2) is 0 Å². The van der Waals surface area contributed by atoms with Crippen LogP contribution in [-0.2, 0) is 9.53 Å². The average Bonchev–Trinajstić information content (AvgIpc) is 2.43. The third kappa shape index (κ3) is 4.68. The minimum Gasteiger partial charge on any atom is -0.337 e. The predicted molar refractivity (Wildman–Crippen MR) is 64.1 cm³/mol. The molecule has 0 saturated carbocycles. The third-order valence-electron chi connectivity index (χ3n) is 2.90. The predicted octanol–water partition coefficient (Wildman–Crippen LogP) is 4.67. The van der Waals surface area contributed by atoms with E-state index in [4.69, 9.17) is 0 Å². The van der Waals surface area contributed by atoms with Crippen LogP contribution >= 0.6 is 0 Å². The van der Waals surface area contributed by atoms with E-state index in [1.165, 1.54) is 13.8 Å². The zero-order valence-corrected chi connectivity index (χ0v) is 13.2. The van der Waals surface area contributed by atoms with E-state index in [1.54, 1.807) is 0 Å². The molecule has 0 aromatic rings. The van der Waals surface area contributed by atoms with Crippen LogP contribution in [0.1, 0.15) is 26.7 Å². The molecule has 0 aliphatic rings. The fraction of sp³-hybridized carbons (Fsp3) is 0.917. The van der Waals surface area contributed by atoms with Crippen molar-refractivity contribution >= 4 is 5.91 Å². The Labute approximate surface area is 140 Å². The van der Waals surface area contributed by atoms with Crippen molar-refractivity contribution in [3.63, 3.8) is 0 Å². The summed E-state index contributed by atoms with van der Waals surface area (Å²) in [7, 11) is 0. The van der Waals surface area contributed by atoms with E-state index >= 15 is 0 Å². The lowest BCUT2D eigenvalue weighted by atomic mass is 10.2. The van der Waals surface area contributed by atoms with Crippen molar-refractivity contribution in [2.24, 2.45) is 0 Å². The van der Waals surface area contributed by atoms with Gasteiger partial charge in [0, 0.05) is 13.1 Å². The summed E-state index contributed by atoms with van der Waals surface area (Å²) in [6.07, 6.45) is -20.9. The smallest absolute Gasteiger partial charge is 0.337 e. The van der Waals surface area contributed by atoms with Crippen molar-refractivity contribution < 1.29 is 57.8 Å². The van der Waals surface area contributed by atoms with Gasteiger partial charge in [0.2, 0.25) is 0 Å². The van der Waals surface area contributed by atoms with Crippen LogP contribution < -0.4 is 0 Å². The molecule has 3 nitrogen and oxygen atoms in total. The van der Waals surface area contributed by atoms with Crippen molar-refractivity contribution in [3.8, 4) is 0 Å². The number of rotatable bonds is 8. The normalized spacial score (nSPS) is 16.3. The van der Waals surface area contributed by atoms with Crippen LogP contribution in [0.25, 0.3) is 0 Å². The average molecular weight is 413 g/mol. The minimum absolute atomic E-state index is 0.0370. The van der Waals surface area contributed by atoms with Crippen molar-refractivity contribution in [3.05, 3.63) is 0 Å². The Balaban J connectivity index is 6.09. The van der Waals surface area contributed by atoms with Crippen molar-refractivity contribution in [2.75, 3.05) is 13.1 Å². The Bertz CT molecular complexity index is 483. The summed E-state index contributed by atoms with van der Waals surface area (Å²) in [6.45, 7) is 1.38. The standard InChI is InChI=1S/C12H14F11NO2/c1-3-5-24(6-4-2)7(25)8(13,10(16,17)18)26-12(22,23)9(14,15)11(19,20)21/h3-6H2,1-2H3. The van der Waals surface area contributed by atoms with Gasteiger partial charge in [-0.1, -0.05) is 13.8 Å². The molecule has 0 spiro atoms. The summed E-state index contributed by atoms with van der Waals surface area (Å²) < 4.78 is 142. The first kappa shape index (κ1) is 24.7. The van der Waals surface area contributed by atoms with E-state index in [-0.39, 0.29) is 17.7 Å². The van der Waals surface area contributed by atoms with E-state index in [1.807, 2.05) is 0 Å². The Hall–Kier alpha value is -1.34. The van der Waals surface area contributed by atoms with Crippen LogP contribution in [0.5, 0.6) is 0 Å². The van der Waals surface area contributed by atoms with Crippen LogP contribution in [0.15, 0.2) is 0 Å². The minimum atomic E-state index is -7.19.